The number of nitrogens with two attached hydrogens (primary N) is 1. The van der Waals surface area contributed by atoms with Gasteiger partial charge in [0.15, 0.2) is 0 Å². The molecule has 1 aliphatic rings. The van der Waals surface area contributed by atoms with Crippen molar-refractivity contribution >= 4 is 27.7 Å². The summed E-state index contributed by atoms with van der Waals surface area (Å²) in [5.74, 6) is -0.696. The highest BCUT2D eigenvalue weighted by atomic mass is 79.9. The summed E-state index contributed by atoms with van der Waals surface area (Å²) in [5, 5.41) is 5.98. The van der Waals surface area contributed by atoms with Gasteiger partial charge in [0, 0.05) is 35.7 Å². The number of carbonyl (C=O) groups is 1. The lowest BCUT2D eigenvalue weighted by Gasteiger charge is -2.22. The number of rotatable bonds is 7. The molecule has 178 valence electrons. The highest BCUT2D eigenvalue weighted by molar-refractivity contribution is 9.10. The Morgan fingerprint density at radius 3 is 2.76 bits per heavy atom. The van der Waals surface area contributed by atoms with E-state index in [0.717, 1.165) is 28.6 Å². The normalized spacial score (nSPS) is 15.1. The number of halogens is 2. The van der Waals surface area contributed by atoms with E-state index in [1.807, 2.05) is 24.3 Å². The average Bonchev–Trinajstić information content (AvgIpc) is 2.84. The van der Waals surface area contributed by atoms with Crippen LogP contribution in [0.25, 0.3) is 11.3 Å². The van der Waals surface area contributed by atoms with Gasteiger partial charge in [0.05, 0.1) is 23.5 Å². The predicted molar refractivity (Wildman–Crippen MR) is 133 cm³/mol. The standard InChI is InChI=1S/C25H27BrFN5O2/c1-29-13-21(16-3-2-4-18(26)11-16)32-25(33)19-6-5-17(12-20(19)27)23-24(28)30-14-22(31-23)15-7-9-34-10-8-15/h2-6,11-12,14-15,21,29H,7-10,13H2,1H3,(H2,28,30)(H,32,33). The first kappa shape index (κ1) is 24.3. The number of aromatic nitrogens is 2. The van der Waals surface area contributed by atoms with Gasteiger partial charge in [-0.2, -0.15) is 0 Å². The Kier molecular flexibility index (Phi) is 7.87. The summed E-state index contributed by atoms with van der Waals surface area (Å²) in [6.45, 7) is 1.85. The molecule has 2 aromatic carbocycles. The number of hydrogen-bond acceptors (Lipinski definition) is 6. The number of nitrogens with zero attached hydrogens (tertiary/aromatic N) is 2. The van der Waals surface area contributed by atoms with E-state index in [1.165, 1.54) is 12.1 Å². The molecule has 0 spiro atoms. The van der Waals surface area contributed by atoms with Crippen molar-refractivity contribution in [3.8, 4) is 11.3 Å². The summed E-state index contributed by atoms with van der Waals surface area (Å²) in [5.41, 5.74) is 8.63. The number of hydrogen-bond donors (Lipinski definition) is 3. The van der Waals surface area contributed by atoms with Crippen LogP contribution in [0.3, 0.4) is 0 Å². The third-order valence-electron chi connectivity index (χ3n) is 5.91. The van der Waals surface area contributed by atoms with E-state index in [0.29, 0.717) is 31.0 Å². The molecule has 2 heterocycles. The maximum atomic E-state index is 15.1. The molecule has 1 amide bonds. The molecule has 0 bridgehead atoms. The maximum Gasteiger partial charge on any atom is 0.254 e. The van der Waals surface area contributed by atoms with Gasteiger partial charge in [0.25, 0.3) is 5.91 Å². The lowest BCUT2D eigenvalue weighted by molar-refractivity contribution is 0.0844. The quantitative estimate of drug-likeness (QED) is 0.425. The van der Waals surface area contributed by atoms with Gasteiger partial charge in [0.2, 0.25) is 0 Å². The van der Waals surface area contributed by atoms with Gasteiger partial charge in [-0.25, -0.2) is 14.4 Å². The Balaban J connectivity index is 1.56. The molecular weight excluding hydrogens is 501 g/mol. The minimum Gasteiger partial charge on any atom is -0.382 e. The van der Waals surface area contributed by atoms with Crippen LogP contribution in [0, 0.1) is 5.82 Å². The van der Waals surface area contributed by atoms with Crippen molar-refractivity contribution in [2.24, 2.45) is 0 Å². The fraction of sp³-hybridized carbons (Fsp3) is 0.320. The Bertz CT molecular complexity index is 1170. The zero-order chi connectivity index (χ0) is 24.1. The molecule has 3 aromatic rings. The van der Waals surface area contributed by atoms with Crippen molar-refractivity contribution in [1.29, 1.82) is 0 Å². The van der Waals surface area contributed by atoms with E-state index >= 15 is 4.39 Å². The van der Waals surface area contributed by atoms with Crippen LogP contribution in [-0.4, -0.2) is 42.7 Å². The monoisotopic (exact) mass is 527 g/mol. The third-order valence-corrected chi connectivity index (χ3v) is 6.40. The molecule has 0 saturated carbocycles. The average molecular weight is 528 g/mol. The van der Waals surface area contributed by atoms with Gasteiger partial charge in [-0.05, 0) is 49.7 Å². The van der Waals surface area contributed by atoms with Gasteiger partial charge >= 0.3 is 0 Å². The van der Waals surface area contributed by atoms with Gasteiger partial charge in [-0.3, -0.25) is 4.79 Å². The van der Waals surface area contributed by atoms with Crippen LogP contribution in [0.5, 0.6) is 0 Å². The molecule has 1 aromatic heterocycles. The molecule has 0 radical (unpaired) electrons. The van der Waals surface area contributed by atoms with E-state index in [2.05, 4.69) is 36.5 Å². The van der Waals surface area contributed by atoms with Crippen molar-refractivity contribution in [3.63, 3.8) is 0 Å². The first-order valence-corrected chi connectivity index (χ1v) is 12.0. The zero-order valence-electron chi connectivity index (χ0n) is 18.9. The first-order chi connectivity index (χ1) is 16.5. The van der Waals surface area contributed by atoms with E-state index in [9.17, 15) is 4.79 Å². The van der Waals surface area contributed by atoms with Crippen LogP contribution in [-0.2, 0) is 4.74 Å². The topological polar surface area (TPSA) is 102 Å². The maximum absolute atomic E-state index is 15.1. The summed E-state index contributed by atoms with van der Waals surface area (Å²) >= 11 is 3.45. The minimum absolute atomic E-state index is 0.0491. The Morgan fingerprint density at radius 2 is 2.06 bits per heavy atom. The molecular formula is C25H27BrFN5O2. The summed E-state index contributed by atoms with van der Waals surface area (Å²) < 4.78 is 21.4. The molecule has 4 rings (SSSR count). The highest BCUT2D eigenvalue weighted by Crippen LogP contribution is 2.30. The van der Waals surface area contributed by atoms with Crippen molar-refractivity contribution < 1.29 is 13.9 Å². The van der Waals surface area contributed by atoms with Gasteiger partial charge in [0.1, 0.15) is 17.3 Å². The first-order valence-electron chi connectivity index (χ1n) is 11.2. The van der Waals surface area contributed by atoms with Crippen LogP contribution in [0.15, 0.2) is 53.1 Å². The molecule has 1 saturated heterocycles. The van der Waals surface area contributed by atoms with Crippen LogP contribution >= 0.6 is 15.9 Å². The number of ether oxygens (including phenoxy) is 1. The lowest BCUT2D eigenvalue weighted by atomic mass is 9.96. The second-order valence-corrected chi connectivity index (χ2v) is 9.16. The van der Waals surface area contributed by atoms with Crippen LogP contribution in [0.1, 0.15) is 46.4 Å². The molecule has 1 aliphatic heterocycles. The van der Waals surface area contributed by atoms with Gasteiger partial charge in [-0.15, -0.1) is 0 Å². The van der Waals surface area contributed by atoms with Crippen LogP contribution in [0.2, 0.25) is 0 Å². The van der Waals surface area contributed by atoms with Gasteiger partial charge < -0.3 is 21.1 Å². The lowest BCUT2D eigenvalue weighted by Crippen LogP contribution is -2.35. The number of amides is 1. The highest BCUT2D eigenvalue weighted by Gasteiger charge is 2.22. The third kappa shape index (κ3) is 5.60. The number of benzene rings is 2. The summed E-state index contributed by atoms with van der Waals surface area (Å²) in [6.07, 6.45) is 3.39. The second-order valence-electron chi connectivity index (χ2n) is 8.25. The predicted octanol–water partition coefficient (Wildman–Crippen LogP) is 4.21. The van der Waals surface area contributed by atoms with Crippen LogP contribution < -0.4 is 16.4 Å². The fourth-order valence-corrected chi connectivity index (χ4v) is 4.49. The molecule has 34 heavy (non-hydrogen) atoms. The van der Waals surface area contributed by atoms with E-state index in [-0.39, 0.29) is 23.3 Å². The largest absolute Gasteiger partial charge is 0.382 e. The van der Waals surface area contributed by atoms with Crippen molar-refractivity contribution in [1.82, 2.24) is 20.6 Å². The number of nitrogen functional groups attached to an aromatic ring is 1. The SMILES string of the molecule is CNCC(NC(=O)c1ccc(-c2nc(C3CCOCC3)cnc2N)cc1F)c1cccc(Br)c1. The molecule has 1 fully saturated rings. The van der Waals surface area contributed by atoms with Crippen molar-refractivity contribution in [3.05, 3.63) is 75.8 Å². The van der Waals surface area contributed by atoms with E-state index in [4.69, 9.17) is 10.5 Å². The Hall–Kier alpha value is -2.88. The zero-order valence-corrected chi connectivity index (χ0v) is 20.4. The molecule has 0 aliphatic carbocycles. The Labute approximate surface area is 206 Å². The molecule has 1 atom stereocenters. The summed E-state index contributed by atoms with van der Waals surface area (Å²) in [7, 11) is 1.80. The number of nitrogens with one attached hydrogen (secondary N) is 2. The van der Waals surface area contributed by atoms with Crippen LogP contribution in [0.4, 0.5) is 10.2 Å². The van der Waals surface area contributed by atoms with E-state index in [1.54, 1.807) is 19.3 Å². The molecule has 4 N–H and O–H groups in total. The van der Waals surface area contributed by atoms with E-state index < -0.39 is 11.7 Å². The number of likely N-dealkylation sites (N-methyl/N-ethyl adjacent to an activating group) is 1. The fourth-order valence-electron chi connectivity index (χ4n) is 4.08. The van der Waals surface area contributed by atoms with Crippen molar-refractivity contribution in [2.75, 3.05) is 32.5 Å². The summed E-state index contributed by atoms with van der Waals surface area (Å²) in [6, 6.07) is 11.7. The Morgan fingerprint density at radius 1 is 1.26 bits per heavy atom. The summed E-state index contributed by atoms with van der Waals surface area (Å²) in [4.78, 5) is 21.9. The smallest absolute Gasteiger partial charge is 0.254 e. The molecule has 1 unspecified atom stereocenters. The number of carbonyl (C=O) groups excluding carboxylic acids is 1. The number of anilines is 1. The molecule has 9 heteroatoms. The van der Waals surface area contributed by atoms with Gasteiger partial charge in [-0.1, -0.05) is 34.1 Å². The second kappa shape index (κ2) is 11.0. The molecule has 7 nitrogen and oxygen atoms in total. The minimum atomic E-state index is -0.648. The van der Waals surface area contributed by atoms with Crippen molar-refractivity contribution in [2.45, 2.75) is 24.8 Å².